The van der Waals surface area contributed by atoms with E-state index in [1.54, 1.807) is 12.4 Å². The molecule has 2 aromatic rings. The van der Waals surface area contributed by atoms with Crippen LogP contribution in [0.3, 0.4) is 0 Å². The molecular formula is C12H10N2O2S. The number of fused-ring (bicyclic) bond motifs is 1. The van der Waals surface area contributed by atoms with E-state index in [0.29, 0.717) is 13.4 Å². The predicted octanol–water partition coefficient (Wildman–Crippen LogP) is 2.76. The van der Waals surface area contributed by atoms with Crippen molar-refractivity contribution in [1.29, 1.82) is 0 Å². The van der Waals surface area contributed by atoms with Gasteiger partial charge in [-0.05, 0) is 6.07 Å². The second-order valence-corrected chi connectivity index (χ2v) is 4.39. The first-order chi connectivity index (χ1) is 8.43. The van der Waals surface area contributed by atoms with Gasteiger partial charge in [0.2, 0.25) is 5.13 Å². The average Bonchev–Trinajstić information content (AvgIpc) is 2.89. The summed E-state index contributed by atoms with van der Waals surface area (Å²) in [4.78, 5) is 8.40. The van der Waals surface area contributed by atoms with Crippen molar-refractivity contribution in [1.82, 2.24) is 4.98 Å². The van der Waals surface area contributed by atoms with E-state index in [0.717, 1.165) is 22.0 Å². The maximum absolute atomic E-state index is 5.49. The molecule has 0 fully saturated rings. The highest BCUT2D eigenvalue weighted by molar-refractivity contribution is 7.13. The van der Waals surface area contributed by atoms with Gasteiger partial charge in [0.15, 0.2) is 6.79 Å². The zero-order valence-corrected chi connectivity index (χ0v) is 9.81. The normalized spacial score (nSPS) is 14.6. The van der Waals surface area contributed by atoms with Gasteiger partial charge < -0.3 is 9.47 Å². The van der Waals surface area contributed by atoms with Gasteiger partial charge in [0, 0.05) is 28.9 Å². The number of aliphatic imine (C=N–C) groups is 1. The van der Waals surface area contributed by atoms with Gasteiger partial charge in [-0.15, -0.1) is 11.3 Å². The Labute approximate surface area is 103 Å². The van der Waals surface area contributed by atoms with E-state index < -0.39 is 0 Å². The highest BCUT2D eigenvalue weighted by Gasteiger charge is 2.13. The van der Waals surface area contributed by atoms with Crippen LogP contribution in [-0.2, 0) is 11.3 Å². The zero-order chi connectivity index (χ0) is 11.5. The first kappa shape index (κ1) is 10.4. The molecule has 1 aliphatic heterocycles. The fourth-order valence-corrected chi connectivity index (χ4v) is 2.13. The maximum atomic E-state index is 5.49. The van der Waals surface area contributed by atoms with E-state index in [4.69, 9.17) is 9.47 Å². The molecule has 0 N–H and O–H groups in total. The number of ether oxygens (including phenoxy) is 2. The van der Waals surface area contributed by atoms with Crippen LogP contribution in [0.15, 0.2) is 34.8 Å². The van der Waals surface area contributed by atoms with Crippen LogP contribution < -0.4 is 4.74 Å². The summed E-state index contributed by atoms with van der Waals surface area (Å²) in [5, 5.41) is 2.65. The third-order valence-electron chi connectivity index (χ3n) is 2.40. The first-order valence-electron chi connectivity index (χ1n) is 5.19. The minimum Gasteiger partial charge on any atom is -0.466 e. The van der Waals surface area contributed by atoms with Gasteiger partial charge in [0.1, 0.15) is 5.75 Å². The predicted molar refractivity (Wildman–Crippen MR) is 66.1 cm³/mol. The molecule has 2 heterocycles. The molecular weight excluding hydrogens is 236 g/mol. The molecule has 0 radical (unpaired) electrons. The Kier molecular flexibility index (Phi) is 2.85. The number of rotatable bonds is 2. The van der Waals surface area contributed by atoms with Crippen LogP contribution in [0.1, 0.15) is 11.1 Å². The van der Waals surface area contributed by atoms with Crippen LogP contribution in [0.5, 0.6) is 5.75 Å². The summed E-state index contributed by atoms with van der Waals surface area (Å²) in [6.07, 6.45) is 3.52. The molecule has 0 aliphatic carbocycles. The molecule has 3 rings (SSSR count). The SMILES string of the molecule is C(=Nc1nccs1)c1cccc2c1OCOC2. The largest absolute Gasteiger partial charge is 0.466 e. The van der Waals surface area contributed by atoms with E-state index in [1.807, 2.05) is 23.6 Å². The van der Waals surface area contributed by atoms with Crippen molar-refractivity contribution in [3.05, 3.63) is 40.9 Å². The number of benzene rings is 1. The summed E-state index contributed by atoms with van der Waals surface area (Å²) in [6.45, 7) is 0.892. The highest BCUT2D eigenvalue weighted by Crippen LogP contribution is 2.27. The molecule has 86 valence electrons. The lowest BCUT2D eigenvalue weighted by Crippen LogP contribution is -2.12. The molecule has 1 aromatic carbocycles. The van der Waals surface area contributed by atoms with Crippen LogP contribution in [0.25, 0.3) is 0 Å². The van der Waals surface area contributed by atoms with Gasteiger partial charge in [-0.25, -0.2) is 9.98 Å². The van der Waals surface area contributed by atoms with E-state index in [2.05, 4.69) is 9.98 Å². The van der Waals surface area contributed by atoms with Crippen molar-refractivity contribution in [2.24, 2.45) is 4.99 Å². The number of aromatic nitrogens is 1. The Hall–Kier alpha value is -1.72. The van der Waals surface area contributed by atoms with Crippen LogP contribution in [0, 0.1) is 0 Å². The Morgan fingerprint density at radius 3 is 3.29 bits per heavy atom. The lowest BCUT2D eigenvalue weighted by molar-refractivity contribution is -0.0164. The van der Waals surface area contributed by atoms with Crippen LogP contribution in [0.2, 0.25) is 0 Å². The van der Waals surface area contributed by atoms with Crippen molar-refractivity contribution in [2.45, 2.75) is 6.61 Å². The topological polar surface area (TPSA) is 43.7 Å². The summed E-state index contributed by atoms with van der Waals surface area (Å²) in [7, 11) is 0. The summed E-state index contributed by atoms with van der Waals surface area (Å²) in [5.41, 5.74) is 2.01. The molecule has 5 heteroatoms. The van der Waals surface area contributed by atoms with Crippen molar-refractivity contribution >= 4 is 22.7 Å². The summed E-state index contributed by atoms with van der Waals surface area (Å²) < 4.78 is 10.7. The molecule has 0 atom stereocenters. The standard InChI is InChI=1S/C12H10N2O2S/c1-2-9(6-14-12-13-4-5-17-12)11-10(3-1)7-15-8-16-11/h1-6H,7-8H2. The van der Waals surface area contributed by atoms with Crippen LogP contribution >= 0.6 is 11.3 Å². The second kappa shape index (κ2) is 4.65. The minimum absolute atomic E-state index is 0.301. The van der Waals surface area contributed by atoms with Gasteiger partial charge in [-0.2, -0.15) is 0 Å². The molecule has 0 bridgehead atoms. The van der Waals surface area contributed by atoms with Crippen molar-refractivity contribution < 1.29 is 9.47 Å². The van der Waals surface area contributed by atoms with E-state index in [1.165, 1.54) is 11.3 Å². The van der Waals surface area contributed by atoms with Crippen LogP contribution in [-0.4, -0.2) is 18.0 Å². The molecule has 4 nitrogen and oxygen atoms in total. The van der Waals surface area contributed by atoms with E-state index in [9.17, 15) is 0 Å². The average molecular weight is 246 g/mol. The van der Waals surface area contributed by atoms with Gasteiger partial charge in [-0.1, -0.05) is 12.1 Å². The van der Waals surface area contributed by atoms with Crippen molar-refractivity contribution in [2.75, 3.05) is 6.79 Å². The number of nitrogens with zero attached hydrogens (tertiary/aromatic N) is 2. The lowest BCUT2D eigenvalue weighted by atomic mass is 10.1. The molecule has 1 aromatic heterocycles. The summed E-state index contributed by atoms with van der Waals surface area (Å²) in [5.74, 6) is 0.860. The van der Waals surface area contributed by atoms with Crippen LogP contribution in [0.4, 0.5) is 5.13 Å². The monoisotopic (exact) mass is 246 g/mol. The fourth-order valence-electron chi connectivity index (χ4n) is 1.65. The quantitative estimate of drug-likeness (QED) is 0.765. The molecule has 1 aliphatic rings. The number of para-hydroxylation sites is 1. The molecule has 0 spiro atoms. The Morgan fingerprint density at radius 2 is 2.41 bits per heavy atom. The van der Waals surface area contributed by atoms with E-state index >= 15 is 0 Å². The molecule has 0 amide bonds. The number of thiazole rings is 1. The summed E-state index contributed by atoms with van der Waals surface area (Å²) in [6, 6.07) is 5.94. The van der Waals surface area contributed by atoms with Crippen molar-refractivity contribution in [3.8, 4) is 5.75 Å². The first-order valence-corrected chi connectivity index (χ1v) is 6.07. The highest BCUT2D eigenvalue weighted by atomic mass is 32.1. The van der Waals surface area contributed by atoms with Gasteiger partial charge in [0.25, 0.3) is 0 Å². The Balaban J connectivity index is 1.93. The smallest absolute Gasteiger partial charge is 0.209 e. The molecule has 0 unspecified atom stereocenters. The van der Waals surface area contributed by atoms with Gasteiger partial charge in [-0.3, -0.25) is 0 Å². The Morgan fingerprint density at radius 1 is 1.41 bits per heavy atom. The third kappa shape index (κ3) is 2.20. The number of hydrogen-bond acceptors (Lipinski definition) is 5. The maximum Gasteiger partial charge on any atom is 0.209 e. The van der Waals surface area contributed by atoms with Gasteiger partial charge >= 0.3 is 0 Å². The zero-order valence-electron chi connectivity index (χ0n) is 9.00. The second-order valence-electron chi connectivity index (χ2n) is 3.52. The van der Waals surface area contributed by atoms with Gasteiger partial charge in [0.05, 0.1) is 6.61 Å². The lowest BCUT2D eigenvalue weighted by Gasteiger charge is -2.18. The Bertz CT molecular complexity index is 537. The summed E-state index contributed by atoms with van der Waals surface area (Å²) >= 11 is 1.51. The minimum atomic E-state index is 0.301. The number of hydrogen-bond donors (Lipinski definition) is 0. The molecule has 0 saturated carbocycles. The van der Waals surface area contributed by atoms with Crippen molar-refractivity contribution in [3.63, 3.8) is 0 Å². The van der Waals surface area contributed by atoms with E-state index in [-0.39, 0.29) is 0 Å². The molecule has 0 saturated heterocycles. The fraction of sp³-hybridized carbons (Fsp3) is 0.167. The molecule has 17 heavy (non-hydrogen) atoms. The third-order valence-corrected chi connectivity index (χ3v) is 3.08.